The van der Waals surface area contributed by atoms with Gasteiger partial charge < -0.3 is 25.2 Å². The minimum Gasteiger partial charge on any atom is -0.381 e. The molecule has 0 unspecified atom stereocenters. The van der Waals surface area contributed by atoms with E-state index >= 15 is 0 Å². The molecule has 1 aromatic heterocycles. The maximum absolute atomic E-state index is 13.4. The third kappa shape index (κ3) is 5.89. The van der Waals surface area contributed by atoms with Gasteiger partial charge in [0.25, 0.3) is 5.91 Å². The molecule has 0 atom stereocenters. The summed E-state index contributed by atoms with van der Waals surface area (Å²) in [7, 11) is 2.13. The van der Waals surface area contributed by atoms with E-state index in [2.05, 4.69) is 43.4 Å². The van der Waals surface area contributed by atoms with Crippen LogP contribution in [0.3, 0.4) is 0 Å². The first-order valence-electron chi connectivity index (χ1n) is 11.1. The number of ether oxygens (including phenoxy) is 1. The molecule has 4 rings (SSSR count). The summed E-state index contributed by atoms with van der Waals surface area (Å²) in [5, 5.41) is 6.56. The fraction of sp³-hybridized carbons (Fsp3) is 0.478. The highest BCUT2D eigenvalue weighted by atomic mass is 79.9. The average molecular weight is 556 g/mol. The van der Waals surface area contributed by atoms with Crippen molar-refractivity contribution in [2.75, 3.05) is 56.7 Å². The Morgan fingerprint density at radius 1 is 1.12 bits per heavy atom. The molecule has 0 radical (unpaired) electrons. The SMILES string of the molecule is CN1CCCN(c2ccc(NC(=O)C3(NC(=O)c4ccc(Br)s4)CCOCC3)cc2Cl)CC1. The normalized spacial score (nSPS) is 19.1. The second kappa shape index (κ2) is 10.7. The number of anilines is 2. The van der Waals surface area contributed by atoms with Crippen LogP contribution in [-0.4, -0.2) is 68.7 Å². The number of carbonyl (C=O) groups excluding carboxylic acids is 2. The molecule has 0 aliphatic carbocycles. The quantitative estimate of drug-likeness (QED) is 0.578. The van der Waals surface area contributed by atoms with Crippen molar-refractivity contribution in [3.63, 3.8) is 0 Å². The second-order valence-electron chi connectivity index (χ2n) is 8.52. The topological polar surface area (TPSA) is 73.9 Å². The predicted molar refractivity (Wildman–Crippen MR) is 137 cm³/mol. The molecule has 2 aromatic rings. The van der Waals surface area contributed by atoms with Gasteiger partial charge >= 0.3 is 0 Å². The number of hydrogen-bond donors (Lipinski definition) is 2. The van der Waals surface area contributed by atoms with E-state index in [0.29, 0.717) is 41.6 Å². The fourth-order valence-corrected chi connectivity index (χ4v) is 5.80. The van der Waals surface area contributed by atoms with Crippen molar-refractivity contribution in [3.8, 4) is 0 Å². The Labute approximate surface area is 211 Å². The van der Waals surface area contributed by atoms with Gasteiger partial charge in [-0.3, -0.25) is 9.59 Å². The zero-order valence-corrected chi connectivity index (χ0v) is 21.7. The molecular formula is C23H28BrClN4O3S. The Hall–Kier alpha value is -1.65. The van der Waals surface area contributed by atoms with E-state index in [0.717, 1.165) is 42.1 Å². The molecule has 3 heterocycles. The summed E-state index contributed by atoms with van der Waals surface area (Å²) >= 11 is 11.3. The largest absolute Gasteiger partial charge is 0.381 e. The highest BCUT2D eigenvalue weighted by molar-refractivity contribution is 9.11. The molecule has 2 aliphatic rings. The molecule has 0 bridgehead atoms. The van der Waals surface area contributed by atoms with Crippen LogP contribution in [-0.2, 0) is 9.53 Å². The number of likely N-dealkylation sites (N-methyl/N-ethyl adjacent to an activating group) is 1. The van der Waals surface area contributed by atoms with Crippen LogP contribution in [0.4, 0.5) is 11.4 Å². The first kappa shape index (κ1) is 24.5. The van der Waals surface area contributed by atoms with E-state index in [1.165, 1.54) is 11.3 Å². The maximum Gasteiger partial charge on any atom is 0.262 e. The lowest BCUT2D eigenvalue weighted by Crippen LogP contribution is -2.59. The Morgan fingerprint density at radius 3 is 2.61 bits per heavy atom. The number of nitrogens with one attached hydrogen (secondary N) is 2. The third-order valence-electron chi connectivity index (χ3n) is 6.20. The summed E-state index contributed by atoms with van der Waals surface area (Å²) in [6.45, 7) is 4.73. The first-order valence-corrected chi connectivity index (χ1v) is 13.1. The number of benzene rings is 1. The van der Waals surface area contributed by atoms with E-state index in [1.54, 1.807) is 12.1 Å². The standard InChI is InChI=1S/C23H28BrClN4O3S/c1-28-9-2-10-29(12-11-28)18-4-3-16(15-17(18)25)26-22(31)23(7-13-32-14-8-23)27-21(30)19-5-6-20(24)33-19/h3-6,15H,2,7-14H2,1H3,(H,26,31)(H,27,30). The molecule has 2 aliphatic heterocycles. The van der Waals surface area contributed by atoms with Crippen molar-refractivity contribution in [1.82, 2.24) is 10.2 Å². The number of rotatable bonds is 5. The van der Waals surface area contributed by atoms with Crippen molar-refractivity contribution in [3.05, 3.63) is 44.0 Å². The van der Waals surface area contributed by atoms with Crippen LogP contribution in [0.1, 0.15) is 28.9 Å². The third-order valence-corrected chi connectivity index (χ3v) is 8.12. The molecule has 2 saturated heterocycles. The minimum atomic E-state index is -1.04. The highest BCUT2D eigenvalue weighted by Gasteiger charge is 2.42. The van der Waals surface area contributed by atoms with Crippen molar-refractivity contribution < 1.29 is 14.3 Å². The summed E-state index contributed by atoms with van der Waals surface area (Å²) in [4.78, 5) is 31.4. The van der Waals surface area contributed by atoms with Gasteiger partial charge in [0.1, 0.15) is 5.54 Å². The lowest BCUT2D eigenvalue weighted by Gasteiger charge is -2.36. The van der Waals surface area contributed by atoms with E-state index in [4.69, 9.17) is 16.3 Å². The fourth-order valence-electron chi connectivity index (χ4n) is 4.22. The summed E-state index contributed by atoms with van der Waals surface area (Å²) < 4.78 is 6.33. The number of amides is 2. The maximum atomic E-state index is 13.4. The number of halogens is 2. The van der Waals surface area contributed by atoms with Gasteiger partial charge in [-0.2, -0.15) is 0 Å². The molecule has 0 spiro atoms. The van der Waals surface area contributed by atoms with E-state index in [-0.39, 0.29) is 11.8 Å². The van der Waals surface area contributed by atoms with Crippen LogP contribution in [0.5, 0.6) is 0 Å². The van der Waals surface area contributed by atoms with E-state index < -0.39 is 5.54 Å². The number of nitrogens with zero attached hydrogens (tertiary/aromatic N) is 2. The molecule has 33 heavy (non-hydrogen) atoms. The molecule has 7 nitrogen and oxygen atoms in total. The van der Waals surface area contributed by atoms with Crippen LogP contribution in [0.25, 0.3) is 0 Å². The summed E-state index contributed by atoms with van der Waals surface area (Å²) in [5.74, 6) is -0.516. The van der Waals surface area contributed by atoms with Crippen LogP contribution < -0.4 is 15.5 Å². The smallest absolute Gasteiger partial charge is 0.262 e. The second-order valence-corrected chi connectivity index (χ2v) is 11.4. The van der Waals surface area contributed by atoms with Crippen molar-refractivity contribution in [1.29, 1.82) is 0 Å². The molecule has 1 aromatic carbocycles. The predicted octanol–water partition coefficient (Wildman–Crippen LogP) is 4.22. The molecule has 2 fully saturated rings. The van der Waals surface area contributed by atoms with Gasteiger partial charge in [-0.1, -0.05) is 11.6 Å². The molecular weight excluding hydrogens is 528 g/mol. The molecule has 2 amide bonds. The Morgan fingerprint density at radius 2 is 1.91 bits per heavy atom. The minimum absolute atomic E-state index is 0.255. The van der Waals surface area contributed by atoms with Gasteiger partial charge in [-0.15, -0.1) is 11.3 Å². The summed E-state index contributed by atoms with van der Waals surface area (Å²) in [6.07, 6.45) is 1.89. The van der Waals surface area contributed by atoms with Crippen LogP contribution >= 0.6 is 38.9 Å². The monoisotopic (exact) mass is 554 g/mol. The van der Waals surface area contributed by atoms with Crippen LogP contribution in [0.2, 0.25) is 5.02 Å². The molecule has 0 saturated carbocycles. The summed E-state index contributed by atoms with van der Waals surface area (Å²) in [5.41, 5.74) is 0.550. The number of thiophene rings is 1. The molecule has 2 N–H and O–H groups in total. The number of hydrogen-bond acceptors (Lipinski definition) is 6. The number of carbonyl (C=O) groups is 2. The van der Waals surface area contributed by atoms with Crippen molar-refractivity contribution in [2.24, 2.45) is 0 Å². The first-order chi connectivity index (χ1) is 15.9. The van der Waals surface area contributed by atoms with Gasteiger partial charge in [0, 0.05) is 51.4 Å². The van der Waals surface area contributed by atoms with Gasteiger partial charge in [-0.05, 0) is 66.3 Å². The van der Waals surface area contributed by atoms with Gasteiger partial charge in [0.05, 0.1) is 19.4 Å². The van der Waals surface area contributed by atoms with E-state index in [9.17, 15) is 9.59 Å². The van der Waals surface area contributed by atoms with Crippen LogP contribution in [0.15, 0.2) is 34.1 Å². The average Bonchev–Trinajstić information content (AvgIpc) is 3.12. The van der Waals surface area contributed by atoms with Gasteiger partial charge in [0.2, 0.25) is 5.91 Å². The van der Waals surface area contributed by atoms with E-state index in [1.807, 2.05) is 18.2 Å². The lowest BCUT2D eigenvalue weighted by molar-refractivity contribution is -0.125. The highest BCUT2D eigenvalue weighted by Crippen LogP contribution is 2.31. The zero-order chi connectivity index (χ0) is 23.4. The molecule has 178 valence electrons. The zero-order valence-electron chi connectivity index (χ0n) is 18.5. The lowest BCUT2D eigenvalue weighted by atomic mass is 9.88. The van der Waals surface area contributed by atoms with Gasteiger partial charge in [-0.25, -0.2) is 0 Å². The van der Waals surface area contributed by atoms with Crippen LogP contribution in [0, 0.1) is 0 Å². The Kier molecular flexibility index (Phi) is 7.96. The van der Waals surface area contributed by atoms with Crippen molar-refractivity contribution in [2.45, 2.75) is 24.8 Å². The van der Waals surface area contributed by atoms with Gasteiger partial charge in [0.15, 0.2) is 0 Å². The van der Waals surface area contributed by atoms with Crippen molar-refractivity contribution >= 4 is 62.1 Å². The Balaban J connectivity index is 1.48. The Bertz CT molecular complexity index is 1010. The summed E-state index contributed by atoms with van der Waals surface area (Å²) in [6, 6.07) is 9.19. The molecule has 10 heteroatoms.